The van der Waals surface area contributed by atoms with Crippen molar-refractivity contribution in [2.75, 3.05) is 0 Å². The summed E-state index contributed by atoms with van der Waals surface area (Å²) in [5.41, 5.74) is 22.6. The Morgan fingerprint density at radius 2 is 1.06 bits per heavy atom. The van der Waals surface area contributed by atoms with Gasteiger partial charge in [-0.15, -0.1) is 0 Å². The lowest BCUT2D eigenvalue weighted by Crippen LogP contribution is -2.15. The fourth-order valence-corrected chi connectivity index (χ4v) is 9.35. The third-order valence-corrected chi connectivity index (χ3v) is 13.0. The van der Waals surface area contributed by atoms with Crippen LogP contribution in [0.2, 0.25) is 0 Å². The lowest BCUT2D eigenvalue weighted by atomic mass is 9.80. The molecule has 0 heteroatoms. The molecule has 2 aliphatic rings. The van der Waals surface area contributed by atoms with E-state index < -0.39 is 0 Å². The third kappa shape index (κ3) is 15.6. The molecule has 366 valence electrons. The first-order chi connectivity index (χ1) is 33.2. The zero-order valence-electron chi connectivity index (χ0n) is 46.5. The molecule has 0 aliphatic heterocycles. The molecule has 7 aromatic carbocycles. The van der Waals surface area contributed by atoms with Gasteiger partial charge in [0.15, 0.2) is 0 Å². The molecule has 1 fully saturated rings. The Labute approximate surface area is 423 Å². The van der Waals surface area contributed by atoms with E-state index >= 15 is 0 Å². The zero-order valence-corrected chi connectivity index (χ0v) is 46.5. The number of rotatable bonds is 7. The van der Waals surface area contributed by atoms with Crippen LogP contribution in [0.1, 0.15) is 175 Å². The molecule has 0 amide bonds. The summed E-state index contributed by atoms with van der Waals surface area (Å²) in [5, 5.41) is 2.75. The summed E-state index contributed by atoms with van der Waals surface area (Å²) in [7, 11) is 0. The van der Waals surface area contributed by atoms with Crippen LogP contribution in [0.25, 0.3) is 27.5 Å². The fraction of sp³-hybridized carbons (Fsp3) is 0.362. The quantitative estimate of drug-likeness (QED) is 0.140. The van der Waals surface area contributed by atoms with Crippen LogP contribution < -0.4 is 0 Å². The molecule has 1 saturated carbocycles. The van der Waals surface area contributed by atoms with Gasteiger partial charge in [-0.05, 0) is 147 Å². The van der Waals surface area contributed by atoms with Crippen LogP contribution >= 0.6 is 0 Å². The van der Waals surface area contributed by atoms with Gasteiger partial charge in [-0.3, -0.25) is 0 Å². The highest BCUT2D eigenvalue weighted by atomic mass is 14.4. The van der Waals surface area contributed by atoms with Crippen molar-refractivity contribution in [3.63, 3.8) is 0 Å². The van der Waals surface area contributed by atoms with Crippen molar-refractivity contribution in [1.29, 1.82) is 0 Å². The standard InChI is InChI=1S/C29H28.C19H26.C8H10.C7H8.3C2H6/c1-18-10-12-21(13-11-18)20(3)22-14-15-25-26(17-22)29(4,5)27-16-19(2)23-8-6-7-9-24(23)28(25)27;1-5-7-18(16-10-11-16)19(8-6-2)17-12-9-14(3)13-15(17)4;1-7-4-3-5-8(2)6-7;1-7-5-3-2-4-6-7;3*1-2/h6-17,20H,1-5H3;6,8-9,12-13,16H,5,7,10-11H2,1-4H3;3-6H,1-2H3;2-6H,1H3;3*1-2H3/b;8-6-,19-18-;;;;;. The van der Waals surface area contributed by atoms with Crippen LogP contribution in [0.15, 0.2) is 163 Å². The number of hydrogen-bond acceptors (Lipinski definition) is 0. The third-order valence-electron chi connectivity index (χ3n) is 13.0. The van der Waals surface area contributed by atoms with Gasteiger partial charge < -0.3 is 0 Å². The zero-order chi connectivity index (χ0) is 51.3. The van der Waals surface area contributed by atoms with Crippen molar-refractivity contribution in [3.8, 4) is 11.1 Å². The van der Waals surface area contributed by atoms with Gasteiger partial charge in [0.25, 0.3) is 0 Å². The molecule has 0 nitrogen and oxygen atoms in total. The first-order valence-electron chi connectivity index (χ1n) is 26.5. The molecule has 0 spiro atoms. The first kappa shape index (κ1) is 57.6. The minimum absolute atomic E-state index is 0.0163. The van der Waals surface area contributed by atoms with Crippen molar-refractivity contribution in [2.24, 2.45) is 5.92 Å². The molecule has 7 aromatic rings. The van der Waals surface area contributed by atoms with Gasteiger partial charge in [-0.25, -0.2) is 0 Å². The highest BCUT2D eigenvalue weighted by molar-refractivity contribution is 6.03. The molecule has 1 unspecified atom stereocenters. The first-order valence-corrected chi connectivity index (χ1v) is 26.5. The molecule has 0 radical (unpaired) electrons. The number of allylic oxidation sites excluding steroid dienone is 4. The van der Waals surface area contributed by atoms with E-state index in [9.17, 15) is 0 Å². The maximum Gasteiger partial charge on any atom is 0.0159 e. The Kier molecular flexibility index (Phi) is 24.0. The lowest BCUT2D eigenvalue weighted by Gasteiger charge is -2.23. The predicted molar refractivity (Wildman–Crippen MR) is 311 cm³/mol. The molecule has 1 atom stereocenters. The largest absolute Gasteiger partial charge is 0.0870 e. The second kappa shape index (κ2) is 28.7. The number of aryl methyl sites for hydroxylation is 7. The Hall–Kier alpha value is -5.72. The normalized spacial score (nSPS) is 13.2. The average molecular weight is 919 g/mol. The van der Waals surface area contributed by atoms with E-state index in [4.69, 9.17) is 0 Å². The van der Waals surface area contributed by atoms with Gasteiger partial charge in [-0.2, -0.15) is 0 Å². The van der Waals surface area contributed by atoms with Crippen LogP contribution in [-0.4, -0.2) is 0 Å². The van der Waals surface area contributed by atoms with E-state index in [2.05, 4.69) is 223 Å². The minimum atomic E-state index is 0.0163. The van der Waals surface area contributed by atoms with E-state index in [1.807, 2.05) is 59.7 Å². The molecular weight excluding hydrogens is 829 g/mol. The summed E-state index contributed by atoms with van der Waals surface area (Å²) in [6.07, 6.45) is 9.78. The van der Waals surface area contributed by atoms with Crippen molar-refractivity contribution >= 4 is 16.3 Å². The molecule has 0 N–H and O–H groups in total. The van der Waals surface area contributed by atoms with E-state index in [0.29, 0.717) is 5.92 Å². The Morgan fingerprint density at radius 1 is 0.536 bits per heavy atom. The molecule has 2 aliphatic carbocycles. The smallest absolute Gasteiger partial charge is 0.0159 e. The number of fused-ring (bicyclic) bond motifs is 5. The fourth-order valence-electron chi connectivity index (χ4n) is 9.35. The van der Waals surface area contributed by atoms with Crippen LogP contribution in [0.5, 0.6) is 0 Å². The monoisotopic (exact) mass is 919 g/mol. The van der Waals surface area contributed by atoms with Gasteiger partial charge in [0.2, 0.25) is 0 Å². The van der Waals surface area contributed by atoms with Crippen LogP contribution in [0.4, 0.5) is 0 Å². The van der Waals surface area contributed by atoms with E-state index in [1.165, 1.54) is 120 Å². The molecular formula is C69H90. The number of benzene rings is 7. The second-order valence-electron chi connectivity index (χ2n) is 18.8. The summed E-state index contributed by atoms with van der Waals surface area (Å²) in [4.78, 5) is 0. The van der Waals surface area contributed by atoms with Crippen LogP contribution in [0, 0.1) is 54.4 Å². The SMILES string of the molecule is C/C=C\C(=C(/CCC)C1CC1)c1ccc(C)cc1C.CC.CC.CC.Cc1ccc(C(C)c2ccc3c(c2)C(C)(C)c2cc(C)c4ccccc4c2-3)cc1.Cc1cccc(C)c1.Cc1ccccc1. The highest BCUT2D eigenvalue weighted by Gasteiger charge is 2.37. The Morgan fingerprint density at radius 3 is 1.57 bits per heavy atom. The maximum atomic E-state index is 2.46. The topological polar surface area (TPSA) is 0 Å². The summed E-state index contributed by atoms with van der Waals surface area (Å²) >= 11 is 0. The minimum Gasteiger partial charge on any atom is -0.0870 e. The van der Waals surface area contributed by atoms with E-state index in [1.54, 1.807) is 5.57 Å². The number of hydrogen-bond donors (Lipinski definition) is 0. The van der Waals surface area contributed by atoms with Crippen molar-refractivity contribution in [1.82, 2.24) is 0 Å². The highest BCUT2D eigenvalue weighted by Crippen LogP contribution is 2.52. The lowest BCUT2D eigenvalue weighted by molar-refractivity contribution is 0.658. The Bertz CT molecular complexity index is 2660. The molecule has 0 aromatic heterocycles. The van der Waals surface area contributed by atoms with Gasteiger partial charge in [-0.1, -0.05) is 267 Å². The summed E-state index contributed by atoms with van der Waals surface area (Å²) < 4.78 is 0. The van der Waals surface area contributed by atoms with Gasteiger partial charge >= 0.3 is 0 Å². The van der Waals surface area contributed by atoms with E-state index in [-0.39, 0.29) is 5.41 Å². The van der Waals surface area contributed by atoms with Crippen molar-refractivity contribution in [3.05, 3.63) is 230 Å². The summed E-state index contributed by atoms with van der Waals surface area (Å²) in [5.74, 6) is 1.24. The van der Waals surface area contributed by atoms with Crippen LogP contribution in [0.3, 0.4) is 0 Å². The maximum absolute atomic E-state index is 2.46. The Balaban J connectivity index is 0.000000269. The second-order valence-corrected chi connectivity index (χ2v) is 18.8. The van der Waals surface area contributed by atoms with Crippen LogP contribution in [-0.2, 0) is 5.41 Å². The van der Waals surface area contributed by atoms with Crippen molar-refractivity contribution in [2.45, 2.75) is 162 Å². The average Bonchev–Trinajstić information content (AvgIpc) is 4.18. The molecule has 0 bridgehead atoms. The van der Waals surface area contributed by atoms with Gasteiger partial charge in [0.1, 0.15) is 0 Å². The van der Waals surface area contributed by atoms with Gasteiger partial charge in [0, 0.05) is 11.3 Å². The molecule has 9 rings (SSSR count). The molecule has 69 heavy (non-hydrogen) atoms. The van der Waals surface area contributed by atoms with E-state index in [0.717, 1.165) is 5.92 Å². The van der Waals surface area contributed by atoms with Crippen molar-refractivity contribution < 1.29 is 0 Å². The van der Waals surface area contributed by atoms with Gasteiger partial charge in [0.05, 0.1) is 0 Å². The molecule has 0 heterocycles. The molecule has 0 saturated heterocycles. The predicted octanol–water partition coefficient (Wildman–Crippen LogP) is 21.1. The summed E-state index contributed by atoms with van der Waals surface area (Å²) in [6, 6.07) is 53.0. The summed E-state index contributed by atoms with van der Waals surface area (Å²) in [6.45, 7) is 38.6.